The van der Waals surface area contributed by atoms with Crippen LogP contribution in [0.1, 0.15) is 11.3 Å². The number of thiazole rings is 1. The van der Waals surface area contributed by atoms with Crippen LogP contribution in [0.15, 0.2) is 22.6 Å². The zero-order chi connectivity index (χ0) is 16.3. The zero-order valence-electron chi connectivity index (χ0n) is 10.9. The molecule has 2 aromatic rings. The minimum absolute atomic E-state index is 0.351. The van der Waals surface area contributed by atoms with Gasteiger partial charge in [0.1, 0.15) is 5.75 Å². The van der Waals surface area contributed by atoms with Gasteiger partial charge in [0.15, 0.2) is 11.6 Å². The van der Waals surface area contributed by atoms with E-state index in [0.29, 0.717) is 29.2 Å². The fourth-order valence-electron chi connectivity index (χ4n) is 1.44. The van der Waals surface area contributed by atoms with Crippen molar-refractivity contribution in [1.82, 2.24) is 4.98 Å². The molecule has 1 aromatic carbocycles. The largest absolute Gasteiger partial charge is 0.573 e. The number of hydrazone groups is 1. The van der Waals surface area contributed by atoms with Crippen LogP contribution in [-0.4, -0.2) is 17.6 Å². The molecule has 0 bridgehead atoms. The minimum atomic E-state index is -5.04. The Morgan fingerprint density at radius 3 is 2.64 bits per heavy atom. The van der Waals surface area contributed by atoms with Gasteiger partial charge in [-0.1, -0.05) is 0 Å². The third-order valence-corrected chi connectivity index (χ3v) is 3.16. The predicted molar refractivity (Wildman–Crippen MR) is 71.1 cm³/mol. The summed E-state index contributed by atoms with van der Waals surface area (Å²) in [6.45, 7) is 1.73. The van der Waals surface area contributed by atoms with Crippen LogP contribution in [0.4, 0.5) is 27.1 Å². The lowest BCUT2D eigenvalue weighted by molar-refractivity contribution is -0.274. The molecule has 10 heteroatoms. The Labute approximate surface area is 125 Å². The van der Waals surface area contributed by atoms with Crippen LogP contribution in [0.2, 0.25) is 0 Å². The minimum Gasteiger partial charge on any atom is -0.405 e. The Morgan fingerprint density at radius 1 is 1.32 bits per heavy atom. The molecule has 1 N–H and O–H groups in total. The molecule has 1 aromatic heterocycles. The Kier molecular flexibility index (Phi) is 4.59. The average Bonchev–Trinajstić information content (AvgIpc) is 2.82. The summed E-state index contributed by atoms with van der Waals surface area (Å²) < 4.78 is 67.1. The number of anilines is 1. The third kappa shape index (κ3) is 4.13. The highest BCUT2D eigenvalue weighted by Crippen LogP contribution is 2.28. The van der Waals surface area contributed by atoms with Gasteiger partial charge < -0.3 is 4.74 Å². The predicted octanol–water partition coefficient (Wildman–Crippen LogP) is 4.07. The second-order valence-corrected chi connectivity index (χ2v) is 4.84. The van der Waals surface area contributed by atoms with Crippen molar-refractivity contribution < 1.29 is 26.7 Å². The van der Waals surface area contributed by atoms with Crippen molar-refractivity contribution in [3.63, 3.8) is 0 Å². The van der Waals surface area contributed by atoms with E-state index in [2.05, 4.69) is 20.2 Å². The first-order valence-corrected chi connectivity index (χ1v) is 6.59. The lowest BCUT2D eigenvalue weighted by atomic mass is 10.2. The van der Waals surface area contributed by atoms with Gasteiger partial charge >= 0.3 is 6.36 Å². The second-order valence-electron chi connectivity index (χ2n) is 3.99. The molecule has 0 fully saturated rings. The quantitative estimate of drug-likeness (QED) is 0.520. The first-order valence-electron chi connectivity index (χ1n) is 5.71. The Hall–Kier alpha value is -2.23. The molecule has 0 amide bonds. The van der Waals surface area contributed by atoms with Gasteiger partial charge in [-0.2, -0.15) is 5.10 Å². The SMILES string of the molecule is Cc1csc(NN=Cc2c(OC(F)(F)F)ccc(F)c2F)n1. The highest BCUT2D eigenvalue weighted by Gasteiger charge is 2.33. The number of aryl methyl sites for hydroxylation is 1. The molecule has 0 saturated heterocycles. The van der Waals surface area contributed by atoms with E-state index in [1.165, 1.54) is 11.3 Å². The van der Waals surface area contributed by atoms with E-state index >= 15 is 0 Å². The first kappa shape index (κ1) is 16.1. The number of halogens is 5. The monoisotopic (exact) mass is 337 g/mol. The number of nitrogens with zero attached hydrogens (tertiary/aromatic N) is 2. The summed E-state index contributed by atoms with van der Waals surface area (Å²) in [5.74, 6) is -3.71. The maximum absolute atomic E-state index is 13.6. The second kappa shape index (κ2) is 6.26. The number of hydrogen-bond donors (Lipinski definition) is 1. The maximum atomic E-state index is 13.6. The van der Waals surface area contributed by atoms with Crippen LogP contribution in [-0.2, 0) is 0 Å². The summed E-state index contributed by atoms with van der Waals surface area (Å²) in [4.78, 5) is 3.98. The third-order valence-electron chi connectivity index (χ3n) is 2.29. The van der Waals surface area contributed by atoms with Crippen LogP contribution in [0.3, 0.4) is 0 Å². The smallest absolute Gasteiger partial charge is 0.405 e. The van der Waals surface area contributed by atoms with Gasteiger partial charge in [0, 0.05) is 5.38 Å². The maximum Gasteiger partial charge on any atom is 0.573 e. The van der Waals surface area contributed by atoms with Crippen LogP contribution in [0, 0.1) is 18.6 Å². The van der Waals surface area contributed by atoms with Gasteiger partial charge in [0.25, 0.3) is 0 Å². The number of benzene rings is 1. The molecule has 1 heterocycles. The fraction of sp³-hybridized carbons (Fsp3) is 0.167. The summed E-state index contributed by atoms with van der Waals surface area (Å²) in [5.41, 5.74) is 2.34. The molecule has 0 atom stereocenters. The van der Waals surface area contributed by atoms with E-state index in [-0.39, 0.29) is 0 Å². The molecule has 0 aliphatic heterocycles. The molecule has 4 nitrogen and oxygen atoms in total. The summed E-state index contributed by atoms with van der Waals surface area (Å²) in [7, 11) is 0. The van der Waals surface area contributed by atoms with Crippen LogP contribution in [0.25, 0.3) is 0 Å². The number of ether oxygens (including phenoxy) is 1. The van der Waals surface area contributed by atoms with Crippen molar-refractivity contribution >= 4 is 22.7 Å². The molecule has 0 aliphatic rings. The van der Waals surface area contributed by atoms with Gasteiger partial charge in [-0.05, 0) is 19.1 Å². The number of alkyl halides is 3. The van der Waals surface area contributed by atoms with Crippen molar-refractivity contribution in [2.75, 3.05) is 5.43 Å². The van der Waals surface area contributed by atoms with Crippen molar-refractivity contribution in [1.29, 1.82) is 0 Å². The lowest BCUT2D eigenvalue weighted by Crippen LogP contribution is -2.18. The highest BCUT2D eigenvalue weighted by atomic mass is 32.1. The van der Waals surface area contributed by atoms with Gasteiger partial charge in [-0.25, -0.2) is 13.8 Å². The Balaban J connectivity index is 2.25. The molecule has 118 valence electrons. The molecule has 0 saturated carbocycles. The van der Waals surface area contributed by atoms with Gasteiger partial charge in [0.2, 0.25) is 5.13 Å². The molecule has 0 spiro atoms. The molecule has 0 aliphatic carbocycles. The van der Waals surface area contributed by atoms with E-state index in [1.807, 2.05) is 0 Å². The van der Waals surface area contributed by atoms with Crippen LogP contribution < -0.4 is 10.2 Å². The zero-order valence-corrected chi connectivity index (χ0v) is 11.7. The van der Waals surface area contributed by atoms with E-state index in [0.717, 1.165) is 0 Å². The average molecular weight is 337 g/mol. The van der Waals surface area contributed by atoms with Gasteiger partial charge in [-0.15, -0.1) is 24.5 Å². The summed E-state index contributed by atoms with van der Waals surface area (Å²) >= 11 is 1.19. The fourth-order valence-corrected chi connectivity index (χ4v) is 2.08. The van der Waals surface area contributed by atoms with E-state index in [9.17, 15) is 22.0 Å². The van der Waals surface area contributed by atoms with Gasteiger partial charge in [0.05, 0.1) is 17.5 Å². The highest BCUT2D eigenvalue weighted by molar-refractivity contribution is 7.13. The molecular weight excluding hydrogens is 329 g/mol. The standard InChI is InChI=1S/C12H8F5N3OS/c1-6-5-22-11(19-6)20-18-4-7-9(21-12(15,16)17)3-2-8(13)10(7)14/h2-5H,1H3,(H,19,20). The van der Waals surface area contributed by atoms with E-state index in [4.69, 9.17) is 0 Å². The van der Waals surface area contributed by atoms with Crippen molar-refractivity contribution in [2.24, 2.45) is 5.10 Å². The molecular formula is C12H8F5N3OS. The van der Waals surface area contributed by atoms with E-state index < -0.39 is 29.3 Å². The summed E-state index contributed by atoms with van der Waals surface area (Å²) in [6.07, 6.45) is -4.34. The lowest BCUT2D eigenvalue weighted by Gasteiger charge is -2.11. The van der Waals surface area contributed by atoms with Crippen LogP contribution >= 0.6 is 11.3 Å². The molecule has 0 radical (unpaired) electrons. The van der Waals surface area contributed by atoms with Crippen molar-refractivity contribution in [3.8, 4) is 5.75 Å². The van der Waals surface area contributed by atoms with Crippen molar-refractivity contribution in [3.05, 3.63) is 40.4 Å². The van der Waals surface area contributed by atoms with E-state index in [1.54, 1.807) is 12.3 Å². The summed E-state index contributed by atoms with van der Waals surface area (Å²) in [6, 6.07) is 1.20. The molecule has 0 unspecified atom stereocenters. The molecule has 2 rings (SSSR count). The number of rotatable bonds is 4. The number of aromatic nitrogens is 1. The molecule has 22 heavy (non-hydrogen) atoms. The Bertz CT molecular complexity index is 699. The van der Waals surface area contributed by atoms with Crippen LogP contribution in [0.5, 0.6) is 5.75 Å². The number of hydrogen-bond acceptors (Lipinski definition) is 5. The normalized spacial score (nSPS) is 11.9. The topological polar surface area (TPSA) is 46.5 Å². The first-order chi connectivity index (χ1) is 10.3. The summed E-state index contributed by atoms with van der Waals surface area (Å²) in [5, 5.41) is 5.59. The van der Waals surface area contributed by atoms with Crippen molar-refractivity contribution in [2.45, 2.75) is 13.3 Å². The number of nitrogens with one attached hydrogen (secondary N) is 1. The Morgan fingerprint density at radius 2 is 2.05 bits per heavy atom. The van der Waals surface area contributed by atoms with Gasteiger partial charge in [-0.3, -0.25) is 5.43 Å².